The molecule has 0 aliphatic rings. The molecule has 0 radical (unpaired) electrons. The monoisotopic (exact) mass is 413 g/mol. The number of hydrogen-bond donors (Lipinski definition) is 2. The molecule has 0 heterocycles. The van der Waals surface area contributed by atoms with Crippen LogP contribution in [0.15, 0.2) is 65.1 Å². The molecule has 3 aromatic rings. The number of aliphatic hydroxyl groups is 1. The standard InChI is InChI=1S/C21H20BrNO3/c1-14(16-7-6-15-4-2-3-5-17(15)10-16)23-21(25)13-26-20-9-8-19(22)11-18(20)12-24/h2-11,14,24H,12-13H2,1H3,(H,23,25)/t14-/m0/s1. The molecule has 0 unspecified atom stereocenters. The first-order chi connectivity index (χ1) is 12.6. The second-order valence-electron chi connectivity index (χ2n) is 6.09. The summed E-state index contributed by atoms with van der Waals surface area (Å²) in [5.74, 6) is 0.293. The first kappa shape index (κ1) is 18.4. The van der Waals surface area contributed by atoms with Crippen LogP contribution in [0.4, 0.5) is 0 Å². The van der Waals surface area contributed by atoms with Gasteiger partial charge in [-0.25, -0.2) is 0 Å². The van der Waals surface area contributed by atoms with Crippen molar-refractivity contribution in [3.63, 3.8) is 0 Å². The number of carbonyl (C=O) groups excluding carboxylic acids is 1. The third-order valence-electron chi connectivity index (χ3n) is 4.20. The molecule has 3 aromatic carbocycles. The lowest BCUT2D eigenvalue weighted by atomic mass is 10.0. The van der Waals surface area contributed by atoms with E-state index in [1.165, 1.54) is 5.39 Å². The van der Waals surface area contributed by atoms with Crippen LogP contribution in [0.25, 0.3) is 10.8 Å². The van der Waals surface area contributed by atoms with E-state index in [0.29, 0.717) is 11.3 Å². The van der Waals surface area contributed by atoms with Crippen molar-refractivity contribution in [3.8, 4) is 5.75 Å². The van der Waals surface area contributed by atoms with E-state index in [1.807, 2.05) is 31.2 Å². The molecule has 0 saturated carbocycles. The first-order valence-corrected chi connectivity index (χ1v) is 9.16. The zero-order valence-corrected chi connectivity index (χ0v) is 16.0. The van der Waals surface area contributed by atoms with Crippen molar-refractivity contribution in [2.24, 2.45) is 0 Å². The Morgan fingerprint density at radius 1 is 1.12 bits per heavy atom. The van der Waals surface area contributed by atoms with Gasteiger partial charge in [0.1, 0.15) is 5.75 Å². The van der Waals surface area contributed by atoms with Gasteiger partial charge >= 0.3 is 0 Å². The van der Waals surface area contributed by atoms with Crippen molar-refractivity contribution >= 4 is 32.6 Å². The highest BCUT2D eigenvalue weighted by atomic mass is 79.9. The summed E-state index contributed by atoms with van der Waals surface area (Å²) in [6.45, 7) is 1.69. The van der Waals surface area contributed by atoms with Crippen molar-refractivity contribution in [3.05, 3.63) is 76.3 Å². The highest BCUT2D eigenvalue weighted by molar-refractivity contribution is 9.10. The largest absolute Gasteiger partial charge is 0.483 e. The van der Waals surface area contributed by atoms with Gasteiger partial charge in [-0.2, -0.15) is 0 Å². The van der Waals surface area contributed by atoms with Gasteiger partial charge in [-0.3, -0.25) is 4.79 Å². The molecule has 0 bridgehead atoms. The topological polar surface area (TPSA) is 58.6 Å². The molecule has 1 amide bonds. The van der Waals surface area contributed by atoms with Crippen LogP contribution >= 0.6 is 15.9 Å². The van der Waals surface area contributed by atoms with Gasteiger partial charge in [0.15, 0.2) is 6.61 Å². The number of hydrogen-bond acceptors (Lipinski definition) is 3. The fraction of sp³-hybridized carbons (Fsp3) is 0.190. The fourth-order valence-corrected chi connectivity index (χ4v) is 3.21. The summed E-state index contributed by atoms with van der Waals surface area (Å²) < 4.78 is 6.41. The van der Waals surface area contributed by atoms with E-state index >= 15 is 0 Å². The Bertz CT molecular complexity index is 926. The summed E-state index contributed by atoms with van der Waals surface area (Å²) in [6, 6.07) is 19.5. The Hall–Kier alpha value is -2.37. The minimum absolute atomic E-state index is 0.105. The van der Waals surface area contributed by atoms with E-state index < -0.39 is 0 Å². The maximum absolute atomic E-state index is 12.2. The number of aliphatic hydroxyl groups excluding tert-OH is 1. The summed E-state index contributed by atoms with van der Waals surface area (Å²) in [4.78, 5) is 12.2. The molecule has 0 aliphatic heterocycles. The van der Waals surface area contributed by atoms with Gasteiger partial charge in [0.25, 0.3) is 5.91 Å². The zero-order chi connectivity index (χ0) is 18.5. The fourth-order valence-electron chi connectivity index (χ4n) is 2.80. The molecule has 0 spiro atoms. The van der Waals surface area contributed by atoms with Gasteiger partial charge < -0.3 is 15.2 Å². The average Bonchev–Trinajstić information content (AvgIpc) is 2.66. The first-order valence-electron chi connectivity index (χ1n) is 8.37. The number of benzene rings is 3. The van der Waals surface area contributed by atoms with Crippen LogP contribution in [-0.2, 0) is 11.4 Å². The quantitative estimate of drug-likeness (QED) is 0.631. The van der Waals surface area contributed by atoms with Crippen LogP contribution in [0.5, 0.6) is 5.75 Å². The van der Waals surface area contributed by atoms with E-state index in [-0.39, 0.29) is 25.2 Å². The molecule has 26 heavy (non-hydrogen) atoms. The van der Waals surface area contributed by atoms with Crippen molar-refractivity contribution < 1.29 is 14.6 Å². The number of nitrogens with one attached hydrogen (secondary N) is 1. The Kier molecular flexibility index (Phi) is 5.91. The summed E-state index contributed by atoms with van der Waals surface area (Å²) in [5.41, 5.74) is 1.67. The summed E-state index contributed by atoms with van der Waals surface area (Å²) in [6.07, 6.45) is 0. The number of rotatable bonds is 6. The zero-order valence-electron chi connectivity index (χ0n) is 14.4. The second kappa shape index (κ2) is 8.34. The van der Waals surface area contributed by atoms with E-state index in [0.717, 1.165) is 15.4 Å². The van der Waals surface area contributed by atoms with E-state index in [9.17, 15) is 9.90 Å². The maximum atomic E-state index is 12.2. The molecule has 3 rings (SSSR count). The van der Waals surface area contributed by atoms with Crippen LogP contribution in [0.1, 0.15) is 24.1 Å². The van der Waals surface area contributed by atoms with Gasteiger partial charge in [-0.15, -0.1) is 0 Å². The molecular weight excluding hydrogens is 394 g/mol. The Balaban J connectivity index is 1.62. The normalized spacial score (nSPS) is 12.0. The molecule has 2 N–H and O–H groups in total. The number of halogens is 1. The highest BCUT2D eigenvalue weighted by Gasteiger charge is 2.12. The van der Waals surface area contributed by atoms with Crippen LogP contribution in [-0.4, -0.2) is 17.6 Å². The van der Waals surface area contributed by atoms with Crippen molar-refractivity contribution in [2.75, 3.05) is 6.61 Å². The lowest BCUT2D eigenvalue weighted by Gasteiger charge is -2.16. The lowest BCUT2D eigenvalue weighted by Crippen LogP contribution is -2.31. The van der Waals surface area contributed by atoms with E-state index in [1.54, 1.807) is 12.1 Å². The molecule has 5 heteroatoms. The van der Waals surface area contributed by atoms with Crippen LogP contribution in [0, 0.1) is 0 Å². The predicted octanol–water partition coefficient (Wildman–Crippen LogP) is 4.35. The minimum Gasteiger partial charge on any atom is -0.483 e. The Morgan fingerprint density at radius 2 is 1.88 bits per heavy atom. The number of fused-ring (bicyclic) bond motifs is 1. The summed E-state index contributed by atoms with van der Waals surface area (Å²) in [5, 5.41) is 14.6. The Morgan fingerprint density at radius 3 is 2.65 bits per heavy atom. The van der Waals surface area contributed by atoms with Crippen molar-refractivity contribution in [2.45, 2.75) is 19.6 Å². The van der Waals surface area contributed by atoms with Crippen molar-refractivity contribution in [1.82, 2.24) is 5.32 Å². The molecule has 4 nitrogen and oxygen atoms in total. The summed E-state index contributed by atoms with van der Waals surface area (Å²) >= 11 is 3.35. The summed E-state index contributed by atoms with van der Waals surface area (Å²) in [7, 11) is 0. The van der Waals surface area contributed by atoms with Crippen LogP contribution < -0.4 is 10.1 Å². The third kappa shape index (κ3) is 4.42. The lowest BCUT2D eigenvalue weighted by molar-refractivity contribution is -0.123. The highest BCUT2D eigenvalue weighted by Crippen LogP contribution is 2.23. The van der Waals surface area contributed by atoms with Gasteiger partial charge in [-0.05, 0) is 47.5 Å². The number of carbonyl (C=O) groups is 1. The van der Waals surface area contributed by atoms with Gasteiger partial charge in [-0.1, -0.05) is 52.3 Å². The molecule has 0 saturated heterocycles. The number of ether oxygens (including phenoxy) is 1. The SMILES string of the molecule is C[C@H](NC(=O)COc1ccc(Br)cc1CO)c1ccc2ccccc2c1. The molecule has 0 aliphatic carbocycles. The van der Waals surface area contributed by atoms with Crippen molar-refractivity contribution in [1.29, 1.82) is 0 Å². The average molecular weight is 414 g/mol. The third-order valence-corrected chi connectivity index (χ3v) is 4.70. The van der Waals surface area contributed by atoms with Gasteiger partial charge in [0.2, 0.25) is 0 Å². The van der Waals surface area contributed by atoms with E-state index in [4.69, 9.17) is 4.74 Å². The molecule has 1 atom stereocenters. The minimum atomic E-state index is -0.211. The molecule has 0 fully saturated rings. The maximum Gasteiger partial charge on any atom is 0.258 e. The van der Waals surface area contributed by atoms with Gasteiger partial charge in [0.05, 0.1) is 12.6 Å². The smallest absolute Gasteiger partial charge is 0.258 e. The molecule has 0 aromatic heterocycles. The van der Waals surface area contributed by atoms with E-state index in [2.05, 4.69) is 45.5 Å². The van der Waals surface area contributed by atoms with Crippen LogP contribution in [0.2, 0.25) is 0 Å². The number of amides is 1. The molecular formula is C21H20BrNO3. The Labute approximate surface area is 160 Å². The van der Waals surface area contributed by atoms with Crippen LogP contribution in [0.3, 0.4) is 0 Å². The predicted molar refractivity (Wildman–Crippen MR) is 106 cm³/mol. The van der Waals surface area contributed by atoms with Gasteiger partial charge in [0, 0.05) is 10.0 Å². The second-order valence-corrected chi connectivity index (χ2v) is 7.01. The molecule has 134 valence electrons.